The first-order valence-corrected chi connectivity index (χ1v) is 10.7. The molecule has 0 aliphatic carbocycles. The normalized spacial score (nSPS) is 12.4. The number of aromatic hydroxyl groups is 2. The number of nitrogens with zero attached hydrogens (tertiary/aromatic N) is 1. The Morgan fingerprint density at radius 3 is 2.59 bits per heavy atom. The molecule has 29 heavy (non-hydrogen) atoms. The van der Waals surface area contributed by atoms with E-state index in [0.717, 1.165) is 23.1 Å². The molecule has 0 radical (unpaired) electrons. The van der Waals surface area contributed by atoms with Crippen LogP contribution in [0.1, 0.15) is 48.4 Å². The number of aliphatic imine (C=N–C) groups is 1. The summed E-state index contributed by atoms with van der Waals surface area (Å²) in [6.45, 7) is 4.27. The standard InChI is InChI=1S/C24H23BrClNO2/c1-3-15(2)17-8-9-23(28)22(13-17)27-14-19-11-16(12-20(25)24(19)29)10-18-6-4-5-7-21(18)26/h4-9,11-15,28-29H,3,10H2,1-2H3. The van der Waals surface area contributed by atoms with E-state index in [-0.39, 0.29) is 11.5 Å². The number of phenols is 2. The molecule has 0 aromatic heterocycles. The molecule has 1 atom stereocenters. The number of benzene rings is 3. The summed E-state index contributed by atoms with van der Waals surface area (Å²) in [6.07, 6.45) is 3.21. The number of halogens is 2. The largest absolute Gasteiger partial charge is 0.506 e. The molecule has 3 rings (SSSR count). The minimum Gasteiger partial charge on any atom is -0.506 e. The lowest BCUT2D eigenvalue weighted by Gasteiger charge is -2.11. The molecule has 2 N–H and O–H groups in total. The fourth-order valence-corrected chi connectivity index (χ4v) is 3.79. The predicted octanol–water partition coefficient (Wildman–Crippen LogP) is 7.37. The third kappa shape index (κ3) is 5.20. The average Bonchev–Trinajstić information content (AvgIpc) is 2.71. The van der Waals surface area contributed by atoms with Crippen LogP contribution in [-0.2, 0) is 6.42 Å². The first kappa shape index (κ1) is 21.4. The Kier molecular flexibility index (Phi) is 6.99. The molecule has 0 spiro atoms. The molecule has 5 heteroatoms. The molecule has 0 heterocycles. The topological polar surface area (TPSA) is 52.8 Å². The van der Waals surface area contributed by atoms with Crippen LogP contribution in [0.5, 0.6) is 11.5 Å². The van der Waals surface area contributed by atoms with E-state index < -0.39 is 0 Å². The monoisotopic (exact) mass is 471 g/mol. The van der Waals surface area contributed by atoms with Gasteiger partial charge < -0.3 is 10.2 Å². The highest BCUT2D eigenvalue weighted by molar-refractivity contribution is 9.10. The van der Waals surface area contributed by atoms with Crippen molar-refractivity contribution >= 4 is 39.4 Å². The van der Waals surface area contributed by atoms with Crippen LogP contribution >= 0.6 is 27.5 Å². The molecule has 3 nitrogen and oxygen atoms in total. The van der Waals surface area contributed by atoms with Crippen LogP contribution in [0.4, 0.5) is 5.69 Å². The minimum absolute atomic E-state index is 0.106. The molecular formula is C24H23BrClNO2. The summed E-state index contributed by atoms with van der Waals surface area (Å²) in [5, 5.41) is 21.3. The van der Waals surface area contributed by atoms with Gasteiger partial charge in [0, 0.05) is 16.8 Å². The van der Waals surface area contributed by atoms with E-state index in [0.29, 0.717) is 33.1 Å². The maximum atomic E-state index is 10.4. The van der Waals surface area contributed by atoms with Crippen molar-refractivity contribution in [2.24, 2.45) is 4.99 Å². The Bertz CT molecular complexity index is 1050. The zero-order valence-electron chi connectivity index (χ0n) is 16.4. The smallest absolute Gasteiger partial charge is 0.141 e. The molecule has 0 saturated carbocycles. The zero-order chi connectivity index (χ0) is 21.0. The fraction of sp³-hybridized carbons (Fsp3) is 0.208. The Labute approximate surface area is 184 Å². The lowest BCUT2D eigenvalue weighted by molar-refractivity contribution is 0.470. The van der Waals surface area contributed by atoms with Gasteiger partial charge in [-0.25, -0.2) is 0 Å². The Morgan fingerprint density at radius 1 is 1.10 bits per heavy atom. The summed E-state index contributed by atoms with van der Waals surface area (Å²) < 4.78 is 0.584. The van der Waals surface area contributed by atoms with Crippen molar-refractivity contribution in [2.45, 2.75) is 32.6 Å². The number of hydrogen-bond acceptors (Lipinski definition) is 3. The first-order valence-electron chi connectivity index (χ1n) is 9.50. The van der Waals surface area contributed by atoms with Gasteiger partial charge in [0.25, 0.3) is 0 Å². The quantitative estimate of drug-likeness (QED) is 0.368. The molecule has 0 amide bonds. The summed E-state index contributed by atoms with van der Waals surface area (Å²) >= 11 is 9.70. The van der Waals surface area contributed by atoms with Crippen LogP contribution in [0.3, 0.4) is 0 Å². The minimum atomic E-state index is 0.106. The Morgan fingerprint density at radius 2 is 1.86 bits per heavy atom. The molecule has 1 unspecified atom stereocenters. The van der Waals surface area contributed by atoms with Crippen LogP contribution in [-0.4, -0.2) is 16.4 Å². The van der Waals surface area contributed by atoms with Crippen LogP contribution in [0.2, 0.25) is 5.02 Å². The van der Waals surface area contributed by atoms with E-state index in [1.54, 1.807) is 12.3 Å². The summed E-state index contributed by atoms with van der Waals surface area (Å²) in [5.41, 5.74) is 4.16. The van der Waals surface area contributed by atoms with Gasteiger partial charge in [-0.2, -0.15) is 0 Å². The van der Waals surface area contributed by atoms with E-state index in [4.69, 9.17) is 11.6 Å². The molecule has 0 bridgehead atoms. The second kappa shape index (κ2) is 9.47. The molecule has 0 aliphatic heterocycles. The highest BCUT2D eigenvalue weighted by Gasteiger charge is 2.10. The van der Waals surface area contributed by atoms with Crippen LogP contribution in [0.15, 0.2) is 64.1 Å². The van der Waals surface area contributed by atoms with Crippen molar-refractivity contribution in [3.63, 3.8) is 0 Å². The van der Waals surface area contributed by atoms with Gasteiger partial charge >= 0.3 is 0 Å². The third-order valence-corrected chi connectivity index (χ3v) is 6.00. The fourth-order valence-electron chi connectivity index (χ4n) is 3.07. The molecule has 150 valence electrons. The van der Waals surface area contributed by atoms with Crippen molar-refractivity contribution in [1.29, 1.82) is 0 Å². The van der Waals surface area contributed by atoms with E-state index in [2.05, 4.69) is 34.8 Å². The molecule has 3 aromatic carbocycles. The molecular weight excluding hydrogens is 450 g/mol. The van der Waals surface area contributed by atoms with Crippen molar-refractivity contribution in [3.8, 4) is 11.5 Å². The maximum Gasteiger partial charge on any atom is 0.141 e. The van der Waals surface area contributed by atoms with Crippen molar-refractivity contribution in [2.75, 3.05) is 0 Å². The van der Waals surface area contributed by atoms with Gasteiger partial charge in [-0.3, -0.25) is 4.99 Å². The molecule has 0 fully saturated rings. The van der Waals surface area contributed by atoms with Gasteiger partial charge in [0.1, 0.15) is 17.2 Å². The molecule has 3 aromatic rings. The van der Waals surface area contributed by atoms with Crippen LogP contribution in [0.25, 0.3) is 0 Å². The van der Waals surface area contributed by atoms with E-state index in [1.165, 1.54) is 0 Å². The second-order valence-corrected chi connectivity index (χ2v) is 8.36. The van der Waals surface area contributed by atoms with Gasteiger partial charge in [0.2, 0.25) is 0 Å². The lowest BCUT2D eigenvalue weighted by Crippen LogP contribution is -1.93. The highest BCUT2D eigenvalue weighted by atomic mass is 79.9. The predicted molar refractivity (Wildman–Crippen MR) is 124 cm³/mol. The number of phenolic OH excluding ortho intramolecular Hbond substituents is 2. The van der Waals surface area contributed by atoms with Crippen molar-refractivity contribution in [3.05, 3.63) is 86.3 Å². The Hall–Kier alpha value is -2.30. The number of rotatable bonds is 6. The SMILES string of the molecule is CCC(C)c1ccc(O)c(N=Cc2cc(Cc3ccccc3Cl)cc(Br)c2O)c1. The van der Waals surface area contributed by atoms with Crippen LogP contribution < -0.4 is 0 Å². The van der Waals surface area contributed by atoms with E-state index in [1.807, 2.05) is 48.5 Å². The maximum absolute atomic E-state index is 10.4. The molecule has 0 saturated heterocycles. The van der Waals surface area contributed by atoms with Gasteiger partial charge in [-0.1, -0.05) is 49.7 Å². The van der Waals surface area contributed by atoms with Crippen molar-refractivity contribution in [1.82, 2.24) is 0 Å². The zero-order valence-corrected chi connectivity index (χ0v) is 18.7. The van der Waals surface area contributed by atoms with Gasteiger partial charge in [-0.05, 0) is 81.7 Å². The summed E-state index contributed by atoms with van der Waals surface area (Å²) in [6, 6.07) is 16.9. The van der Waals surface area contributed by atoms with Gasteiger partial charge in [-0.15, -0.1) is 0 Å². The van der Waals surface area contributed by atoms with Crippen molar-refractivity contribution < 1.29 is 10.2 Å². The molecule has 0 aliphatic rings. The lowest BCUT2D eigenvalue weighted by atomic mass is 9.98. The summed E-state index contributed by atoms with van der Waals surface area (Å²) in [5.74, 6) is 0.597. The second-order valence-electron chi connectivity index (χ2n) is 7.10. The summed E-state index contributed by atoms with van der Waals surface area (Å²) in [7, 11) is 0. The summed E-state index contributed by atoms with van der Waals surface area (Å²) in [4.78, 5) is 4.44. The van der Waals surface area contributed by atoms with Gasteiger partial charge in [0.15, 0.2) is 0 Å². The Balaban J connectivity index is 1.93. The number of hydrogen-bond donors (Lipinski definition) is 2. The first-order chi connectivity index (χ1) is 13.9. The third-order valence-electron chi connectivity index (χ3n) is 5.03. The van der Waals surface area contributed by atoms with E-state index >= 15 is 0 Å². The van der Waals surface area contributed by atoms with E-state index in [9.17, 15) is 10.2 Å². The highest BCUT2D eigenvalue weighted by Crippen LogP contribution is 2.33. The van der Waals surface area contributed by atoms with Gasteiger partial charge in [0.05, 0.1) is 4.47 Å². The van der Waals surface area contributed by atoms with Crippen LogP contribution in [0, 0.1) is 0 Å². The average molecular weight is 473 g/mol.